The van der Waals surface area contributed by atoms with Gasteiger partial charge in [0.05, 0.1) is 4.92 Å². The van der Waals surface area contributed by atoms with Gasteiger partial charge in [-0.25, -0.2) is 0 Å². The number of rotatable bonds is 13. The molecule has 0 amide bonds. The molecule has 0 heterocycles. The number of nitro groups is 1. The first kappa shape index (κ1) is 19.6. The lowest BCUT2D eigenvalue weighted by atomic mass is 10.2. The Kier molecular flexibility index (Phi) is 12.6. The molecule has 0 unspecified atom stereocenters. The van der Waals surface area contributed by atoms with Crippen LogP contribution >= 0.6 is 11.8 Å². The zero-order valence-electron chi connectivity index (χ0n) is 12.7. The second-order valence-corrected chi connectivity index (χ2v) is 5.80. The van der Waals surface area contributed by atoms with Gasteiger partial charge in [0.15, 0.2) is 11.0 Å². The molecule has 0 bridgehead atoms. The van der Waals surface area contributed by atoms with Crippen LogP contribution in [0.25, 0.3) is 0 Å². The summed E-state index contributed by atoms with van der Waals surface area (Å²) in [6.45, 7) is 3.54. The van der Waals surface area contributed by atoms with Gasteiger partial charge in [0.25, 0.3) is 6.20 Å². The normalized spacial score (nSPS) is 11.2. The van der Waals surface area contributed by atoms with Crippen molar-refractivity contribution in [3.63, 3.8) is 0 Å². The van der Waals surface area contributed by atoms with E-state index in [2.05, 4.69) is 17.6 Å². The van der Waals surface area contributed by atoms with Crippen LogP contribution in [-0.4, -0.2) is 28.9 Å². The average molecular weight is 317 g/mol. The monoisotopic (exact) mass is 317 g/mol. The summed E-state index contributed by atoms with van der Waals surface area (Å²) in [5.74, 6) is 1.37. The Morgan fingerprint density at radius 3 is 2.43 bits per heavy atom. The summed E-state index contributed by atoms with van der Waals surface area (Å²) in [7, 11) is 0. The molecule has 0 spiro atoms. The van der Waals surface area contributed by atoms with Crippen LogP contribution in [0.1, 0.15) is 45.4 Å². The van der Waals surface area contributed by atoms with Crippen LogP contribution in [0.2, 0.25) is 0 Å². The predicted octanol–water partition coefficient (Wildman–Crippen LogP) is 2.23. The maximum Gasteiger partial charge on any atom is 0.274 e. The molecule has 5 N–H and O–H groups in total. The van der Waals surface area contributed by atoms with Crippen LogP contribution in [0.15, 0.2) is 12.0 Å². The van der Waals surface area contributed by atoms with Crippen LogP contribution < -0.4 is 16.4 Å². The summed E-state index contributed by atoms with van der Waals surface area (Å²) in [4.78, 5) is 10.1. The first-order valence-electron chi connectivity index (χ1n) is 7.36. The summed E-state index contributed by atoms with van der Waals surface area (Å²) >= 11 is 1.37. The van der Waals surface area contributed by atoms with E-state index in [1.165, 1.54) is 11.8 Å². The van der Waals surface area contributed by atoms with Gasteiger partial charge in [-0.3, -0.25) is 15.5 Å². The summed E-state index contributed by atoms with van der Waals surface area (Å²) in [6, 6.07) is 0. The summed E-state index contributed by atoms with van der Waals surface area (Å²) in [6.07, 6.45) is 7.18. The van der Waals surface area contributed by atoms with Gasteiger partial charge in [0.2, 0.25) is 0 Å². The standard InChI is InChI=1S/C13H27N5O2S/c1-2-3-8-16-12(11-18(19)20)17-9-6-4-5-7-10-21-13(14)15/h11,16-17H,2-10H2,1H3,(H3,14,15). The predicted molar refractivity (Wildman–Crippen MR) is 88.8 cm³/mol. The molecule has 122 valence electrons. The fraction of sp³-hybridized carbons (Fsp3) is 0.769. The van der Waals surface area contributed by atoms with E-state index < -0.39 is 4.92 Å². The smallest absolute Gasteiger partial charge is 0.274 e. The lowest BCUT2D eigenvalue weighted by Crippen LogP contribution is -2.28. The van der Waals surface area contributed by atoms with Gasteiger partial charge in [-0.1, -0.05) is 37.9 Å². The van der Waals surface area contributed by atoms with Crippen molar-refractivity contribution >= 4 is 16.9 Å². The molecule has 0 aliphatic rings. The number of nitrogens with one attached hydrogen (secondary N) is 3. The highest BCUT2D eigenvalue weighted by Crippen LogP contribution is 2.06. The molecule has 0 fully saturated rings. The summed E-state index contributed by atoms with van der Waals surface area (Å²) in [5, 5.41) is 23.9. The number of hydrogen-bond donors (Lipinski definition) is 4. The van der Waals surface area contributed by atoms with E-state index in [1.54, 1.807) is 0 Å². The minimum absolute atomic E-state index is 0.171. The van der Waals surface area contributed by atoms with Crippen molar-refractivity contribution in [1.82, 2.24) is 10.6 Å². The van der Waals surface area contributed by atoms with Crippen LogP contribution in [0.3, 0.4) is 0 Å². The summed E-state index contributed by atoms with van der Waals surface area (Å²) in [5.41, 5.74) is 5.25. The van der Waals surface area contributed by atoms with E-state index in [1.807, 2.05) is 0 Å². The first-order chi connectivity index (χ1) is 10.1. The first-order valence-corrected chi connectivity index (χ1v) is 8.34. The van der Waals surface area contributed by atoms with E-state index in [9.17, 15) is 10.1 Å². The number of thioether (sulfide) groups is 1. The maximum atomic E-state index is 10.5. The minimum atomic E-state index is -0.444. The number of nitrogens with two attached hydrogens (primary N) is 1. The largest absolute Gasteiger partial charge is 0.379 e. The zero-order valence-corrected chi connectivity index (χ0v) is 13.5. The van der Waals surface area contributed by atoms with E-state index in [-0.39, 0.29) is 5.17 Å². The van der Waals surface area contributed by atoms with Gasteiger partial charge in [-0.05, 0) is 19.3 Å². The molecule has 0 aromatic carbocycles. The Bertz CT molecular complexity index is 337. The highest BCUT2D eigenvalue weighted by atomic mass is 32.2. The fourth-order valence-electron chi connectivity index (χ4n) is 1.64. The van der Waals surface area contributed by atoms with Gasteiger partial charge < -0.3 is 16.4 Å². The molecule has 0 radical (unpaired) electrons. The van der Waals surface area contributed by atoms with Crippen molar-refractivity contribution in [2.45, 2.75) is 45.4 Å². The Balaban J connectivity index is 3.68. The molecule has 8 heteroatoms. The van der Waals surface area contributed by atoms with Gasteiger partial charge in [0, 0.05) is 18.8 Å². The topological polar surface area (TPSA) is 117 Å². The SMILES string of the molecule is CCCCNC(=C[N+](=O)[O-])NCCCCCCSC(=N)N. The second kappa shape index (κ2) is 13.5. The second-order valence-electron chi connectivity index (χ2n) is 4.66. The third-order valence-corrected chi connectivity index (χ3v) is 3.53. The third kappa shape index (κ3) is 14.8. The lowest BCUT2D eigenvalue weighted by molar-refractivity contribution is -0.404. The molecule has 21 heavy (non-hydrogen) atoms. The molecule has 0 aromatic rings. The van der Waals surface area contributed by atoms with Gasteiger partial charge in [0.1, 0.15) is 0 Å². The van der Waals surface area contributed by atoms with Crippen molar-refractivity contribution in [1.29, 1.82) is 5.41 Å². The Labute approximate surface area is 130 Å². The fourth-order valence-corrected chi connectivity index (χ4v) is 2.21. The molecular formula is C13H27N5O2S. The molecule has 0 aromatic heterocycles. The number of unbranched alkanes of at least 4 members (excludes halogenated alkanes) is 4. The van der Waals surface area contributed by atoms with Crippen LogP contribution in [0, 0.1) is 15.5 Å². The molecule has 0 saturated carbocycles. The molecule has 0 rings (SSSR count). The third-order valence-electron chi connectivity index (χ3n) is 2.72. The van der Waals surface area contributed by atoms with Crippen molar-refractivity contribution in [2.24, 2.45) is 5.73 Å². The average Bonchev–Trinajstić information content (AvgIpc) is 2.40. The van der Waals surface area contributed by atoms with Gasteiger partial charge in [-0.15, -0.1) is 0 Å². The quantitative estimate of drug-likeness (QED) is 0.136. The van der Waals surface area contributed by atoms with E-state index in [4.69, 9.17) is 11.1 Å². The molecular weight excluding hydrogens is 290 g/mol. The van der Waals surface area contributed by atoms with Crippen LogP contribution in [-0.2, 0) is 0 Å². The van der Waals surface area contributed by atoms with E-state index >= 15 is 0 Å². The highest BCUT2D eigenvalue weighted by Gasteiger charge is 2.01. The van der Waals surface area contributed by atoms with Crippen molar-refractivity contribution in [3.05, 3.63) is 22.1 Å². The molecule has 0 atom stereocenters. The maximum absolute atomic E-state index is 10.5. The Morgan fingerprint density at radius 1 is 1.24 bits per heavy atom. The number of hydrogen-bond acceptors (Lipinski definition) is 6. The van der Waals surface area contributed by atoms with Crippen molar-refractivity contribution in [2.75, 3.05) is 18.8 Å². The molecule has 0 saturated heterocycles. The lowest BCUT2D eigenvalue weighted by Gasteiger charge is -2.10. The Morgan fingerprint density at radius 2 is 1.86 bits per heavy atom. The highest BCUT2D eigenvalue weighted by molar-refractivity contribution is 8.13. The van der Waals surface area contributed by atoms with Gasteiger partial charge >= 0.3 is 0 Å². The van der Waals surface area contributed by atoms with Crippen molar-refractivity contribution in [3.8, 4) is 0 Å². The van der Waals surface area contributed by atoms with E-state index in [0.717, 1.165) is 63.6 Å². The number of amidine groups is 1. The zero-order chi connectivity index (χ0) is 15.9. The van der Waals surface area contributed by atoms with E-state index in [0.29, 0.717) is 5.82 Å². The summed E-state index contributed by atoms with van der Waals surface area (Å²) < 4.78 is 0. The van der Waals surface area contributed by atoms with Gasteiger partial charge in [-0.2, -0.15) is 0 Å². The minimum Gasteiger partial charge on any atom is -0.379 e. The number of nitrogens with zero attached hydrogens (tertiary/aromatic N) is 1. The molecule has 7 nitrogen and oxygen atoms in total. The molecule has 0 aliphatic carbocycles. The molecule has 0 aliphatic heterocycles. The van der Waals surface area contributed by atoms with Crippen LogP contribution in [0.4, 0.5) is 0 Å². The van der Waals surface area contributed by atoms with Crippen molar-refractivity contribution < 1.29 is 4.92 Å². The Hall–Kier alpha value is -1.44. The van der Waals surface area contributed by atoms with Crippen LogP contribution in [0.5, 0.6) is 0 Å².